The van der Waals surface area contributed by atoms with E-state index in [1.54, 1.807) is 22.2 Å². The summed E-state index contributed by atoms with van der Waals surface area (Å²) >= 11 is 5.07. The Kier molecular flexibility index (Phi) is 3.46. The lowest BCUT2D eigenvalue weighted by Gasteiger charge is -2.11. The number of thiophene rings is 1. The second-order valence-electron chi connectivity index (χ2n) is 4.03. The molecule has 0 aliphatic heterocycles. The summed E-state index contributed by atoms with van der Waals surface area (Å²) in [7, 11) is 0. The molecule has 0 radical (unpaired) electrons. The Hall–Kier alpha value is -1.50. The Bertz CT molecular complexity index is 677. The molecular weight excluding hydrogens is 324 g/mol. The highest BCUT2D eigenvalue weighted by molar-refractivity contribution is 9.11. The number of aromatic nitrogens is 3. The van der Waals surface area contributed by atoms with E-state index in [0.29, 0.717) is 0 Å². The van der Waals surface area contributed by atoms with Crippen LogP contribution in [0.15, 0.2) is 52.4 Å². The third kappa shape index (κ3) is 2.47. The van der Waals surface area contributed by atoms with Crippen LogP contribution in [-0.2, 0) is 0 Å². The van der Waals surface area contributed by atoms with Gasteiger partial charge in [0.1, 0.15) is 0 Å². The monoisotopic (exact) mass is 334 g/mol. The molecular formula is C13H11BrN4S. The minimum atomic E-state index is -0.230. The molecule has 3 rings (SSSR count). The minimum absolute atomic E-state index is 0.230. The standard InChI is InChI=1S/C13H11BrN4S/c14-12-7-6-11(19-12)13(15)10-8-16-17-18(10)9-4-2-1-3-5-9/h1-8,13H,15H2. The van der Waals surface area contributed by atoms with Crippen molar-refractivity contribution in [1.29, 1.82) is 0 Å². The first-order valence-electron chi connectivity index (χ1n) is 5.72. The van der Waals surface area contributed by atoms with Crippen LogP contribution in [0.1, 0.15) is 16.6 Å². The highest BCUT2D eigenvalue weighted by Crippen LogP contribution is 2.30. The SMILES string of the molecule is NC(c1ccc(Br)s1)c1cnnn1-c1ccccc1. The van der Waals surface area contributed by atoms with Gasteiger partial charge in [0, 0.05) is 4.88 Å². The maximum absolute atomic E-state index is 6.30. The molecule has 0 aliphatic rings. The molecule has 2 N–H and O–H groups in total. The highest BCUT2D eigenvalue weighted by Gasteiger charge is 2.17. The van der Waals surface area contributed by atoms with E-state index < -0.39 is 0 Å². The van der Waals surface area contributed by atoms with Crippen molar-refractivity contribution in [3.63, 3.8) is 0 Å². The van der Waals surface area contributed by atoms with E-state index in [9.17, 15) is 0 Å². The third-order valence-corrected chi connectivity index (χ3v) is 4.50. The Morgan fingerprint density at radius 1 is 1.16 bits per heavy atom. The van der Waals surface area contributed by atoms with E-state index in [1.807, 2.05) is 42.5 Å². The molecule has 6 heteroatoms. The number of nitrogens with two attached hydrogens (primary N) is 1. The number of benzene rings is 1. The zero-order chi connectivity index (χ0) is 13.2. The van der Waals surface area contributed by atoms with E-state index >= 15 is 0 Å². The van der Waals surface area contributed by atoms with Crippen LogP contribution in [0, 0.1) is 0 Å². The Morgan fingerprint density at radius 2 is 1.95 bits per heavy atom. The van der Waals surface area contributed by atoms with Gasteiger partial charge in [-0.3, -0.25) is 0 Å². The van der Waals surface area contributed by atoms with Crippen molar-refractivity contribution in [3.8, 4) is 5.69 Å². The summed E-state index contributed by atoms with van der Waals surface area (Å²) in [5.41, 5.74) is 8.14. The lowest BCUT2D eigenvalue weighted by molar-refractivity contribution is 0.726. The number of rotatable bonds is 3. The van der Waals surface area contributed by atoms with Crippen LogP contribution in [-0.4, -0.2) is 15.0 Å². The Balaban J connectivity index is 2.01. The lowest BCUT2D eigenvalue weighted by atomic mass is 10.2. The minimum Gasteiger partial charge on any atom is -0.318 e. The molecule has 2 aromatic heterocycles. The lowest BCUT2D eigenvalue weighted by Crippen LogP contribution is -2.15. The molecule has 0 amide bonds. The zero-order valence-corrected chi connectivity index (χ0v) is 12.3. The average Bonchev–Trinajstić information content (AvgIpc) is 3.07. The van der Waals surface area contributed by atoms with E-state index in [-0.39, 0.29) is 6.04 Å². The van der Waals surface area contributed by atoms with Crippen molar-refractivity contribution in [2.24, 2.45) is 5.73 Å². The number of hydrogen-bond acceptors (Lipinski definition) is 4. The normalized spacial score (nSPS) is 12.5. The first kappa shape index (κ1) is 12.5. The van der Waals surface area contributed by atoms with Gasteiger partial charge < -0.3 is 5.73 Å². The van der Waals surface area contributed by atoms with Gasteiger partial charge in [0.2, 0.25) is 0 Å². The second-order valence-corrected chi connectivity index (χ2v) is 6.52. The van der Waals surface area contributed by atoms with Crippen molar-refractivity contribution < 1.29 is 0 Å². The maximum Gasteiger partial charge on any atom is 0.0866 e. The molecule has 4 nitrogen and oxygen atoms in total. The fraction of sp³-hybridized carbons (Fsp3) is 0.0769. The number of hydrogen-bond donors (Lipinski definition) is 1. The molecule has 0 saturated heterocycles. The molecule has 96 valence electrons. The summed E-state index contributed by atoms with van der Waals surface area (Å²) < 4.78 is 2.84. The van der Waals surface area contributed by atoms with E-state index in [4.69, 9.17) is 5.73 Å². The van der Waals surface area contributed by atoms with Crippen LogP contribution >= 0.6 is 27.3 Å². The zero-order valence-electron chi connectivity index (χ0n) is 9.90. The topological polar surface area (TPSA) is 56.7 Å². The average molecular weight is 335 g/mol. The summed E-state index contributed by atoms with van der Waals surface area (Å²) in [6.07, 6.45) is 1.71. The van der Waals surface area contributed by atoms with E-state index in [0.717, 1.165) is 20.0 Å². The predicted molar refractivity (Wildman–Crippen MR) is 79.4 cm³/mol. The van der Waals surface area contributed by atoms with Gasteiger partial charge in [-0.1, -0.05) is 23.4 Å². The summed E-state index contributed by atoms with van der Waals surface area (Å²) in [6.45, 7) is 0. The van der Waals surface area contributed by atoms with Crippen molar-refractivity contribution >= 4 is 27.3 Å². The fourth-order valence-corrected chi connectivity index (χ4v) is 3.30. The van der Waals surface area contributed by atoms with Crippen LogP contribution in [0.2, 0.25) is 0 Å². The molecule has 0 bridgehead atoms. The van der Waals surface area contributed by atoms with Gasteiger partial charge >= 0.3 is 0 Å². The molecule has 1 unspecified atom stereocenters. The van der Waals surface area contributed by atoms with Crippen LogP contribution in [0.4, 0.5) is 0 Å². The summed E-state index contributed by atoms with van der Waals surface area (Å²) in [5, 5.41) is 8.10. The van der Waals surface area contributed by atoms with Crippen molar-refractivity contribution in [1.82, 2.24) is 15.0 Å². The molecule has 0 saturated carbocycles. The molecule has 0 spiro atoms. The molecule has 2 heterocycles. The molecule has 19 heavy (non-hydrogen) atoms. The van der Waals surface area contributed by atoms with Crippen molar-refractivity contribution in [2.45, 2.75) is 6.04 Å². The molecule has 0 fully saturated rings. The Morgan fingerprint density at radius 3 is 2.63 bits per heavy atom. The smallest absolute Gasteiger partial charge is 0.0866 e. The van der Waals surface area contributed by atoms with Gasteiger partial charge in [0.25, 0.3) is 0 Å². The fourth-order valence-electron chi connectivity index (χ4n) is 1.87. The van der Waals surface area contributed by atoms with E-state index in [2.05, 4.69) is 26.2 Å². The first-order valence-corrected chi connectivity index (χ1v) is 7.33. The van der Waals surface area contributed by atoms with Gasteiger partial charge in [-0.2, -0.15) is 0 Å². The molecule has 3 aromatic rings. The maximum atomic E-state index is 6.30. The van der Waals surface area contributed by atoms with Crippen LogP contribution in [0.5, 0.6) is 0 Å². The number of nitrogens with zero attached hydrogens (tertiary/aromatic N) is 3. The quantitative estimate of drug-likeness (QED) is 0.800. The van der Waals surface area contributed by atoms with Gasteiger partial charge in [-0.25, -0.2) is 4.68 Å². The van der Waals surface area contributed by atoms with Gasteiger partial charge in [-0.15, -0.1) is 16.4 Å². The van der Waals surface area contributed by atoms with Gasteiger partial charge in [0.05, 0.1) is 27.4 Å². The number of halogens is 1. The highest BCUT2D eigenvalue weighted by atomic mass is 79.9. The second kappa shape index (κ2) is 5.24. The van der Waals surface area contributed by atoms with E-state index in [1.165, 1.54) is 0 Å². The molecule has 1 aromatic carbocycles. The summed E-state index contributed by atoms with van der Waals surface area (Å²) in [5.74, 6) is 0. The number of para-hydroxylation sites is 1. The van der Waals surface area contributed by atoms with Crippen LogP contribution in [0.3, 0.4) is 0 Å². The summed E-state index contributed by atoms with van der Waals surface area (Å²) in [4.78, 5) is 1.08. The van der Waals surface area contributed by atoms with Crippen molar-refractivity contribution in [3.05, 3.63) is 63.0 Å². The van der Waals surface area contributed by atoms with Crippen LogP contribution < -0.4 is 5.73 Å². The van der Waals surface area contributed by atoms with Crippen molar-refractivity contribution in [2.75, 3.05) is 0 Å². The summed E-state index contributed by atoms with van der Waals surface area (Å²) in [6, 6.07) is 13.6. The third-order valence-electron chi connectivity index (χ3n) is 2.80. The molecule has 0 aliphatic carbocycles. The largest absolute Gasteiger partial charge is 0.318 e. The predicted octanol–water partition coefficient (Wildman–Crippen LogP) is 3.14. The van der Waals surface area contributed by atoms with Crippen LogP contribution in [0.25, 0.3) is 5.69 Å². The Labute approximate surface area is 123 Å². The van der Waals surface area contributed by atoms with Gasteiger partial charge in [0.15, 0.2) is 0 Å². The molecule has 1 atom stereocenters. The van der Waals surface area contributed by atoms with Gasteiger partial charge in [-0.05, 0) is 40.2 Å². The first-order chi connectivity index (χ1) is 9.25.